The summed E-state index contributed by atoms with van der Waals surface area (Å²) in [7, 11) is 0. The van der Waals surface area contributed by atoms with E-state index in [4.69, 9.17) is 11.6 Å². The summed E-state index contributed by atoms with van der Waals surface area (Å²) in [6.45, 7) is 3.64. The van der Waals surface area contributed by atoms with E-state index in [9.17, 15) is 9.18 Å². The molecule has 1 aromatic heterocycles. The number of piperazine rings is 1. The molecule has 3 aromatic rings. The molecule has 2 aromatic carbocycles. The second-order valence-electron chi connectivity index (χ2n) is 6.80. The average Bonchev–Trinajstić information content (AvgIpc) is 3.18. The Bertz CT molecular complexity index is 982. The highest BCUT2D eigenvalue weighted by atomic mass is 35.5. The second-order valence-corrected chi connectivity index (χ2v) is 7.23. The van der Waals surface area contributed by atoms with Crippen molar-refractivity contribution in [1.82, 2.24) is 19.6 Å². The maximum absolute atomic E-state index is 13.9. The van der Waals surface area contributed by atoms with E-state index < -0.39 is 0 Å². The third-order valence-corrected chi connectivity index (χ3v) is 5.10. The minimum atomic E-state index is -0.376. The van der Waals surface area contributed by atoms with Gasteiger partial charge in [0.05, 0.1) is 0 Å². The van der Waals surface area contributed by atoms with Crippen molar-refractivity contribution >= 4 is 17.5 Å². The topological polar surface area (TPSA) is 41.4 Å². The highest BCUT2D eigenvalue weighted by Crippen LogP contribution is 2.16. The van der Waals surface area contributed by atoms with Gasteiger partial charge in [0.2, 0.25) is 0 Å². The molecule has 7 heteroatoms. The Morgan fingerprint density at radius 2 is 1.82 bits per heavy atom. The predicted octanol–water partition coefficient (Wildman–Crippen LogP) is 3.62. The lowest BCUT2D eigenvalue weighted by Crippen LogP contribution is -2.48. The fraction of sp³-hybridized carbons (Fsp3) is 0.238. The summed E-state index contributed by atoms with van der Waals surface area (Å²) < 4.78 is 15.3. The van der Waals surface area contributed by atoms with Gasteiger partial charge in [0, 0.05) is 43.9 Å². The highest BCUT2D eigenvalue weighted by Gasteiger charge is 2.24. The van der Waals surface area contributed by atoms with E-state index in [2.05, 4.69) is 16.1 Å². The Morgan fingerprint density at radius 3 is 2.57 bits per heavy atom. The third kappa shape index (κ3) is 4.08. The monoisotopic (exact) mass is 398 g/mol. The largest absolute Gasteiger partial charge is 0.335 e. The lowest BCUT2D eigenvalue weighted by molar-refractivity contribution is 0.0622. The summed E-state index contributed by atoms with van der Waals surface area (Å²) in [5.41, 5.74) is 1.82. The van der Waals surface area contributed by atoms with Crippen LogP contribution >= 0.6 is 11.6 Å². The first-order valence-electron chi connectivity index (χ1n) is 9.17. The van der Waals surface area contributed by atoms with Gasteiger partial charge in [-0.25, -0.2) is 9.07 Å². The van der Waals surface area contributed by atoms with Crippen LogP contribution in [0.5, 0.6) is 0 Å². The molecule has 144 valence electrons. The van der Waals surface area contributed by atoms with Crippen LogP contribution in [0.15, 0.2) is 60.8 Å². The van der Waals surface area contributed by atoms with Gasteiger partial charge in [0.1, 0.15) is 11.5 Å². The van der Waals surface area contributed by atoms with Crippen LogP contribution in [-0.4, -0.2) is 51.7 Å². The van der Waals surface area contributed by atoms with Gasteiger partial charge in [-0.15, -0.1) is 0 Å². The van der Waals surface area contributed by atoms with Crippen molar-refractivity contribution in [2.45, 2.75) is 6.54 Å². The van der Waals surface area contributed by atoms with Crippen molar-refractivity contribution in [2.75, 3.05) is 26.2 Å². The van der Waals surface area contributed by atoms with Crippen LogP contribution in [-0.2, 0) is 6.54 Å². The molecule has 0 saturated carbocycles. The molecule has 1 saturated heterocycles. The highest BCUT2D eigenvalue weighted by molar-refractivity contribution is 6.30. The van der Waals surface area contributed by atoms with Gasteiger partial charge in [-0.3, -0.25) is 9.69 Å². The number of amides is 1. The molecule has 5 nitrogen and oxygen atoms in total. The van der Waals surface area contributed by atoms with E-state index in [0.29, 0.717) is 24.5 Å². The number of nitrogens with zero attached hydrogens (tertiary/aromatic N) is 4. The molecule has 2 heterocycles. The lowest BCUT2D eigenvalue weighted by atomic mass is 10.2. The number of rotatable bonds is 4. The van der Waals surface area contributed by atoms with Gasteiger partial charge in [0.25, 0.3) is 5.91 Å². The minimum Gasteiger partial charge on any atom is -0.335 e. The SMILES string of the molecule is O=C(c1ccn(-c2ccccc2F)n1)N1CCN(Cc2cccc(Cl)c2)CC1. The van der Waals surface area contributed by atoms with Crippen LogP contribution in [0.3, 0.4) is 0 Å². The third-order valence-electron chi connectivity index (χ3n) is 4.86. The smallest absolute Gasteiger partial charge is 0.274 e. The van der Waals surface area contributed by atoms with Crippen LogP contribution < -0.4 is 0 Å². The number of para-hydroxylation sites is 1. The number of carbonyl (C=O) groups is 1. The number of hydrogen-bond donors (Lipinski definition) is 0. The first kappa shape index (κ1) is 18.7. The minimum absolute atomic E-state index is 0.127. The van der Waals surface area contributed by atoms with Gasteiger partial charge < -0.3 is 4.90 Å². The van der Waals surface area contributed by atoms with Gasteiger partial charge in [-0.1, -0.05) is 35.9 Å². The Hall–Kier alpha value is -2.70. The molecule has 0 atom stereocenters. The number of aromatic nitrogens is 2. The Morgan fingerprint density at radius 1 is 1.04 bits per heavy atom. The van der Waals surface area contributed by atoms with Crippen LogP contribution in [0.25, 0.3) is 5.69 Å². The first-order chi connectivity index (χ1) is 13.6. The second kappa shape index (κ2) is 8.12. The summed E-state index contributed by atoms with van der Waals surface area (Å²) >= 11 is 6.05. The quantitative estimate of drug-likeness (QED) is 0.674. The maximum Gasteiger partial charge on any atom is 0.274 e. The van der Waals surface area contributed by atoms with Crippen molar-refractivity contribution in [2.24, 2.45) is 0 Å². The molecular weight excluding hydrogens is 379 g/mol. The lowest BCUT2D eigenvalue weighted by Gasteiger charge is -2.34. The molecule has 4 rings (SSSR count). The standard InChI is InChI=1S/C21H20ClFN4O/c22-17-5-3-4-16(14-17)15-25-10-12-26(13-11-25)21(28)19-8-9-27(24-19)20-7-2-1-6-18(20)23/h1-9,14H,10-13,15H2. The summed E-state index contributed by atoms with van der Waals surface area (Å²) in [5, 5.41) is 5.00. The summed E-state index contributed by atoms with van der Waals surface area (Å²) in [6, 6.07) is 15.8. The maximum atomic E-state index is 13.9. The van der Waals surface area contributed by atoms with Gasteiger partial charge >= 0.3 is 0 Å². The van der Waals surface area contributed by atoms with Crippen molar-refractivity contribution in [1.29, 1.82) is 0 Å². The van der Waals surface area contributed by atoms with E-state index in [1.165, 1.54) is 10.7 Å². The normalized spacial score (nSPS) is 15.0. The number of benzene rings is 2. The van der Waals surface area contributed by atoms with Gasteiger partial charge in [-0.2, -0.15) is 5.10 Å². The van der Waals surface area contributed by atoms with E-state index in [1.54, 1.807) is 35.4 Å². The van der Waals surface area contributed by atoms with Crippen molar-refractivity contribution in [3.63, 3.8) is 0 Å². The van der Waals surface area contributed by atoms with E-state index in [1.807, 2.05) is 18.2 Å². The molecule has 1 amide bonds. The zero-order chi connectivity index (χ0) is 19.5. The molecule has 0 unspecified atom stereocenters. The van der Waals surface area contributed by atoms with Crippen LogP contribution in [0.4, 0.5) is 4.39 Å². The molecule has 0 aliphatic carbocycles. The van der Waals surface area contributed by atoms with Crippen molar-refractivity contribution in [3.05, 3.63) is 82.9 Å². The zero-order valence-corrected chi connectivity index (χ0v) is 16.0. The van der Waals surface area contributed by atoms with Crippen molar-refractivity contribution < 1.29 is 9.18 Å². The van der Waals surface area contributed by atoms with E-state index >= 15 is 0 Å². The Balaban J connectivity index is 1.37. The van der Waals surface area contributed by atoms with E-state index in [-0.39, 0.29) is 11.7 Å². The molecule has 0 radical (unpaired) electrons. The Kier molecular flexibility index (Phi) is 5.41. The van der Waals surface area contributed by atoms with Crippen molar-refractivity contribution in [3.8, 4) is 5.69 Å². The van der Waals surface area contributed by atoms with E-state index in [0.717, 1.165) is 30.2 Å². The number of hydrogen-bond acceptors (Lipinski definition) is 3. The molecule has 0 spiro atoms. The Labute approximate surface area is 167 Å². The fourth-order valence-corrected chi connectivity index (χ4v) is 3.59. The summed E-state index contributed by atoms with van der Waals surface area (Å²) in [4.78, 5) is 16.9. The fourth-order valence-electron chi connectivity index (χ4n) is 3.37. The van der Waals surface area contributed by atoms with Crippen LogP contribution in [0.1, 0.15) is 16.1 Å². The van der Waals surface area contributed by atoms with Gasteiger partial charge in [-0.05, 0) is 35.9 Å². The summed E-state index contributed by atoms with van der Waals surface area (Å²) in [6.07, 6.45) is 1.61. The molecule has 28 heavy (non-hydrogen) atoms. The zero-order valence-electron chi connectivity index (χ0n) is 15.3. The molecule has 0 bridgehead atoms. The molecule has 1 aliphatic heterocycles. The van der Waals surface area contributed by atoms with Crippen LogP contribution in [0, 0.1) is 5.82 Å². The van der Waals surface area contributed by atoms with Gasteiger partial charge in [0.15, 0.2) is 5.69 Å². The van der Waals surface area contributed by atoms with Crippen LogP contribution in [0.2, 0.25) is 5.02 Å². The molecular formula is C21H20ClFN4O. The molecule has 1 fully saturated rings. The number of carbonyl (C=O) groups excluding carboxylic acids is 1. The first-order valence-corrected chi connectivity index (χ1v) is 9.54. The number of halogens is 2. The summed E-state index contributed by atoms with van der Waals surface area (Å²) in [5.74, 6) is -0.503. The molecule has 0 N–H and O–H groups in total. The average molecular weight is 399 g/mol. The molecule has 1 aliphatic rings. The predicted molar refractivity (Wildman–Crippen MR) is 106 cm³/mol.